The molecule has 0 heterocycles. The fraction of sp³-hybridized carbons (Fsp3) is 1.00. The smallest absolute Gasteiger partial charge is 0.0501 e. The molecule has 0 spiro atoms. The van der Waals surface area contributed by atoms with Crippen molar-refractivity contribution < 1.29 is 4.21 Å². The molecule has 0 aromatic heterocycles. The Labute approximate surface area is 126 Å². The summed E-state index contributed by atoms with van der Waals surface area (Å²) in [6.45, 7) is 2.07. The predicted molar refractivity (Wildman–Crippen MR) is 86.3 cm³/mol. The number of hydrogen-bond donors (Lipinski definition) is 1. The molecule has 0 saturated heterocycles. The van der Waals surface area contributed by atoms with E-state index in [0.717, 1.165) is 17.6 Å². The summed E-state index contributed by atoms with van der Waals surface area (Å²) in [4.78, 5) is 0. The Morgan fingerprint density at radius 1 is 0.950 bits per heavy atom. The van der Waals surface area contributed by atoms with Crippen molar-refractivity contribution in [3.05, 3.63) is 0 Å². The van der Waals surface area contributed by atoms with Crippen LogP contribution in [0.5, 0.6) is 0 Å². The van der Waals surface area contributed by atoms with Gasteiger partial charge >= 0.3 is 0 Å². The predicted octanol–water partition coefficient (Wildman–Crippen LogP) is 3.62. The van der Waals surface area contributed by atoms with Crippen molar-refractivity contribution in [1.29, 1.82) is 0 Å². The molecule has 0 radical (unpaired) electrons. The lowest BCUT2D eigenvalue weighted by atomic mass is 9.82. The van der Waals surface area contributed by atoms with Crippen molar-refractivity contribution in [1.82, 2.24) is 5.32 Å². The van der Waals surface area contributed by atoms with E-state index < -0.39 is 10.8 Å². The van der Waals surface area contributed by atoms with Crippen LogP contribution in [-0.2, 0) is 10.8 Å². The van der Waals surface area contributed by atoms with E-state index in [1.807, 2.05) is 0 Å². The summed E-state index contributed by atoms with van der Waals surface area (Å²) < 4.78 is 12.3. The molecule has 0 aromatic rings. The molecule has 1 N–H and O–H groups in total. The van der Waals surface area contributed by atoms with Crippen LogP contribution in [0.2, 0.25) is 0 Å². The molecule has 0 bridgehead atoms. The zero-order chi connectivity index (χ0) is 13.9. The quantitative estimate of drug-likeness (QED) is 0.839. The fourth-order valence-electron chi connectivity index (χ4n) is 4.49. The third-order valence-corrected chi connectivity index (χ3v) is 7.59. The van der Waals surface area contributed by atoms with Gasteiger partial charge in [-0.1, -0.05) is 32.6 Å². The molecule has 3 saturated carbocycles. The van der Waals surface area contributed by atoms with Crippen LogP contribution in [0.4, 0.5) is 0 Å². The van der Waals surface area contributed by atoms with Gasteiger partial charge in [0.05, 0.1) is 5.25 Å². The van der Waals surface area contributed by atoms with Crippen molar-refractivity contribution in [3.8, 4) is 0 Å². The van der Waals surface area contributed by atoms with Gasteiger partial charge in [0, 0.05) is 28.6 Å². The Bertz CT molecular complexity index is 342. The molecule has 5 atom stereocenters. The average Bonchev–Trinajstić information content (AvgIpc) is 3.32. The van der Waals surface area contributed by atoms with Gasteiger partial charge in [0.15, 0.2) is 0 Å². The van der Waals surface area contributed by atoms with E-state index >= 15 is 0 Å². The normalized spacial score (nSPS) is 40.5. The molecule has 20 heavy (non-hydrogen) atoms. The minimum atomic E-state index is -0.616. The second-order valence-electron chi connectivity index (χ2n) is 7.23. The van der Waals surface area contributed by atoms with Crippen molar-refractivity contribution in [2.24, 2.45) is 11.8 Å². The molecule has 0 aliphatic heterocycles. The van der Waals surface area contributed by atoms with Gasteiger partial charge in [-0.15, -0.1) is 0 Å². The molecule has 0 aromatic carbocycles. The van der Waals surface area contributed by atoms with Crippen molar-refractivity contribution in [3.63, 3.8) is 0 Å². The minimum absolute atomic E-state index is 0.426. The topological polar surface area (TPSA) is 29.1 Å². The summed E-state index contributed by atoms with van der Waals surface area (Å²) in [5.41, 5.74) is 0. The molecule has 2 nitrogen and oxygen atoms in total. The van der Waals surface area contributed by atoms with Gasteiger partial charge in [0.1, 0.15) is 0 Å². The van der Waals surface area contributed by atoms with E-state index in [0.29, 0.717) is 17.3 Å². The maximum absolute atomic E-state index is 12.3. The van der Waals surface area contributed by atoms with Crippen LogP contribution in [0.1, 0.15) is 71.1 Å². The molecule has 0 unspecified atom stereocenters. The molecule has 0 amide bonds. The highest BCUT2D eigenvalue weighted by Crippen LogP contribution is 2.44. The lowest BCUT2D eigenvalue weighted by Crippen LogP contribution is -2.50. The van der Waals surface area contributed by atoms with Crippen LogP contribution in [0, 0.1) is 11.8 Å². The second kappa shape index (κ2) is 6.91. The van der Waals surface area contributed by atoms with Gasteiger partial charge in [-0.05, 0) is 50.4 Å². The average molecular weight is 298 g/mol. The monoisotopic (exact) mass is 297 g/mol. The number of hydrogen-bond acceptors (Lipinski definition) is 2. The fourth-order valence-corrected chi connectivity index (χ4v) is 5.93. The molecular weight excluding hydrogens is 266 g/mol. The molecule has 3 heteroatoms. The van der Waals surface area contributed by atoms with Crippen molar-refractivity contribution in [2.45, 2.75) is 88.5 Å². The molecule has 3 aliphatic rings. The first kappa shape index (κ1) is 15.0. The van der Waals surface area contributed by atoms with E-state index in [4.69, 9.17) is 0 Å². The molecule has 3 aliphatic carbocycles. The lowest BCUT2D eigenvalue weighted by Gasteiger charge is -2.37. The summed E-state index contributed by atoms with van der Waals surface area (Å²) in [5.74, 6) is 2.89. The van der Waals surface area contributed by atoms with Crippen LogP contribution in [0.3, 0.4) is 0 Å². The zero-order valence-corrected chi connectivity index (χ0v) is 13.8. The first-order valence-corrected chi connectivity index (χ1v) is 10.3. The molecule has 3 fully saturated rings. The summed E-state index contributed by atoms with van der Waals surface area (Å²) in [6.07, 6.45) is 13.6. The third-order valence-electron chi connectivity index (χ3n) is 5.78. The lowest BCUT2D eigenvalue weighted by molar-refractivity contribution is 0.231. The first-order chi connectivity index (χ1) is 9.78. The highest BCUT2D eigenvalue weighted by atomic mass is 32.2. The third kappa shape index (κ3) is 3.65. The Kier molecular flexibility index (Phi) is 5.19. The van der Waals surface area contributed by atoms with Gasteiger partial charge in [-0.2, -0.15) is 0 Å². The van der Waals surface area contributed by atoms with Crippen molar-refractivity contribution >= 4 is 10.8 Å². The van der Waals surface area contributed by atoms with E-state index in [9.17, 15) is 4.21 Å². The van der Waals surface area contributed by atoms with Crippen LogP contribution < -0.4 is 5.32 Å². The SMILES string of the molecule is CC[S@@](=O)[C@@H]1CCCC[C@@H]1N[C@@H]1CCC[C@H](C2CC2)C1. The van der Waals surface area contributed by atoms with Gasteiger partial charge < -0.3 is 5.32 Å². The zero-order valence-electron chi connectivity index (χ0n) is 13.0. The van der Waals surface area contributed by atoms with Crippen LogP contribution in [0.25, 0.3) is 0 Å². The van der Waals surface area contributed by atoms with Crippen LogP contribution in [-0.4, -0.2) is 27.3 Å². The summed E-state index contributed by atoms with van der Waals surface area (Å²) >= 11 is 0. The van der Waals surface area contributed by atoms with Crippen molar-refractivity contribution in [2.75, 3.05) is 5.75 Å². The summed E-state index contributed by atoms with van der Waals surface area (Å²) in [5, 5.41) is 4.37. The van der Waals surface area contributed by atoms with E-state index in [-0.39, 0.29) is 0 Å². The van der Waals surface area contributed by atoms with E-state index in [2.05, 4.69) is 12.2 Å². The maximum atomic E-state index is 12.3. The van der Waals surface area contributed by atoms with E-state index in [1.54, 1.807) is 0 Å². The van der Waals surface area contributed by atoms with Gasteiger partial charge in [-0.25, -0.2) is 0 Å². The Morgan fingerprint density at radius 2 is 1.75 bits per heavy atom. The largest absolute Gasteiger partial charge is 0.310 e. The number of rotatable bonds is 5. The maximum Gasteiger partial charge on any atom is 0.0501 e. The van der Waals surface area contributed by atoms with Gasteiger partial charge in [0.25, 0.3) is 0 Å². The van der Waals surface area contributed by atoms with Crippen LogP contribution in [0.15, 0.2) is 0 Å². The summed E-state index contributed by atoms with van der Waals surface area (Å²) in [7, 11) is -0.616. The van der Waals surface area contributed by atoms with Crippen LogP contribution >= 0.6 is 0 Å². The molecule has 3 rings (SSSR count). The number of nitrogens with one attached hydrogen (secondary N) is 1. The minimum Gasteiger partial charge on any atom is -0.310 e. The molecule has 116 valence electrons. The summed E-state index contributed by atoms with van der Waals surface area (Å²) in [6, 6.07) is 1.25. The Morgan fingerprint density at radius 3 is 2.50 bits per heavy atom. The van der Waals surface area contributed by atoms with Gasteiger partial charge in [0.2, 0.25) is 0 Å². The van der Waals surface area contributed by atoms with E-state index in [1.165, 1.54) is 64.2 Å². The van der Waals surface area contributed by atoms with Gasteiger partial charge in [-0.3, -0.25) is 4.21 Å². The Hall–Kier alpha value is 0.110. The highest BCUT2D eigenvalue weighted by molar-refractivity contribution is 7.85. The molecular formula is C17H31NOS. The second-order valence-corrected chi connectivity index (χ2v) is 9.17. The highest BCUT2D eigenvalue weighted by Gasteiger charge is 2.36. The first-order valence-electron chi connectivity index (χ1n) is 8.91. The standard InChI is InChI=1S/C17H31NOS/c1-2-20(19)17-9-4-3-8-16(17)18-15-7-5-6-14(12-15)13-10-11-13/h13-18H,2-12H2,1H3/t14-,15+,16-,17+,20+/m0/s1. The Balaban J connectivity index is 1.55.